The number of nitrogens with zero attached hydrogens (tertiary/aromatic N) is 1. The second-order valence-corrected chi connectivity index (χ2v) is 18.5. The lowest BCUT2D eigenvalue weighted by molar-refractivity contribution is 0.793. The van der Waals surface area contributed by atoms with Crippen molar-refractivity contribution in [3.8, 4) is 44.5 Å². The summed E-state index contributed by atoms with van der Waals surface area (Å²) in [5, 5.41) is 7.64. The van der Waals surface area contributed by atoms with Gasteiger partial charge in [0.05, 0.1) is 16.8 Å². The largest absolute Gasteiger partial charge is 0.309 e. The highest BCUT2D eigenvalue weighted by Crippen LogP contribution is 2.65. The van der Waals surface area contributed by atoms with Gasteiger partial charge in [0.1, 0.15) is 0 Å². The summed E-state index contributed by atoms with van der Waals surface area (Å²) in [5.74, 6) is 0. The Balaban J connectivity index is 1.07. The maximum absolute atomic E-state index is 2.59. The van der Waals surface area contributed by atoms with Crippen LogP contribution in [0.5, 0.6) is 0 Å². The lowest BCUT2D eigenvalue weighted by atomic mass is 9.70. The average molecular weight is 842 g/mol. The average Bonchev–Trinajstić information content (AvgIpc) is 4.02. The van der Waals surface area contributed by atoms with Crippen LogP contribution in [0.3, 0.4) is 0 Å². The topological polar surface area (TPSA) is 3.24 Å². The van der Waals surface area contributed by atoms with Gasteiger partial charge in [-0.25, -0.2) is 0 Å². The fourth-order valence-electron chi connectivity index (χ4n) is 11.7. The number of benzene rings is 11. The molecule has 1 spiro atoms. The zero-order valence-corrected chi connectivity index (χ0v) is 36.2. The summed E-state index contributed by atoms with van der Waals surface area (Å²) in [6, 6.07) is 88.4. The first-order valence-corrected chi connectivity index (χ1v) is 23.3. The van der Waals surface area contributed by atoms with Crippen LogP contribution in [0.2, 0.25) is 0 Å². The van der Waals surface area contributed by atoms with Gasteiger partial charge in [-0.2, -0.15) is 0 Å². The maximum atomic E-state index is 2.59. The fraction of sp³-hybridized carbons (Fsp3) is 0.0159. The minimum Gasteiger partial charge on any atom is -0.309 e. The van der Waals surface area contributed by atoms with E-state index < -0.39 is 5.41 Å². The Bertz CT molecular complexity index is 3830. The fourth-order valence-corrected chi connectivity index (χ4v) is 12.9. The molecule has 1 heterocycles. The molecule has 0 saturated carbocycles. The normalized spacial score (nSPS) is 13.0. The Labute approximate surface area is 381 Å². The molecule has 11 aromatic carbocycles. The molecule has 1 aromatic heterocycles. The molecule has 0 unspecified atom stereocenters. The Hall–Kier alpha value is -8.04. The van der Waals surface area contributed by atoms with Crippen LogP contribution in [0.4, 0.5) is 17.1 Å². The van der Waals surface area contributed by atoms with E-state index in [1.807, 2.05) is 11.3 Å². The van der Waals surface area contributed by atoms with E-state index in [9.17, 15) is 0 Å². The van der Waals surface area contributed by atoms with E-state index in [0.717, 1.165) is 5.69 Å². The molecule has 0 atom stereocenters. The third-order valence-corrected chi connectivity index (χ3v) is 15.4. The van der Waals surface area contributed by atoms with E-state index in [4.69, 9.17) is 0 Å². The van der Waals surface area contributed by atoms with E-state index in [0.29, 0.717) is 0 Å². The molecule has 0 saturated heterocycles. The molecule has 12 aromatic rings. The molecular weight excluding hydrogens is 803 g/mol. The number of anilines is 3. The smallest absolute Gasteiger partial charge is 0.0746 e. The first-order chi connectivity index (χ1) is 32.3. The Morgan fingerprint density at radius 3 is 1.52 bits per heavy atom. The highest BCUT2D eigenvalue weighted by Gasteiger charge is 2.53. The van der Waals surface area contributed by atoms with Crippen molar-refractivity contribution in [1.82, 2.24) is 0 Å². The second kappa shape index (κ2) is 14.0. The first-order valence-electron chi connectivity index (χ1n) is 22.5. The van der Waals surface area contributed by atoms with E-state index in [-0.39, 0.29) is 0 Å². The summed E-state index contributed by atoms with van der Waals surface area (Å²) in [6.07, 6.45) is 0. The van der Waals surface area contributed by atoms with Gasteiger partial charge in [0.15, 0.2) is 0 Å². The number of thiophene rings is 1. The van der Waals surface area contributed by atoms with Crippen LogP contribution in [-0.2, 0) is 5.41 Å². The summed E-state index contributed by atoms with van der Waals surface area (Å²) >= 11 is 1.89. The van der Waals surface area contributed by atoms with E-state index in [2.05, 4.69) is 241 Å². The van der Waals surface area contributed by atoms with E-state index in [1.165, 1.54) is 120 Å². The third kappa shape index (κ3) is 5.09. The molecule has 0 fully saturated rings. The van der Waals surface area contributed by atoms with Gasteiger partial charge in [-0.05, 0) is 119 Å². The first kappa shape index (κ1) is 36.4. The summed E-state index contributed by atoms with van der Waals surface area (Å²) in [6.45, 7) is 0. The molecule has 2 aliphatic carbocycles. The van der Waals surface area contributed by atoms with Crippen molar-refractivity contribution in [2.75, 3.05) is 4.90 Å². The summed E-state index contributed by atoms with van der Waals surface area (Å²) < 4.78 is 2.58. The van der Waals surface area contributed by atoms with Gasteiger partial charge < -0.3 is 4.90 Å². The number of hydrogen-bond acceptors (Lipinski definition) is 2. The molecule has 0 amide bonds. The Morgan fingerprint density at radius 2 is 0.815 bits per heavy atom. The predicted octanol–water partition coefficient (Wildman–Crippen LogP) is 17.5. The van der Waals surface area contributed by atoms with E-state index in [1.54, 1.807) is 0 Å². The lowest BCUT2D eigenvalue weighted by Crippen LogP contribution is -2.28. The molecule has 65 heavy (non-hydrogen) atoms. The van der Waals surface area contributed by atoms with Crippen molar-refractivity contribution in [3.63, 3.8) is 0 Å². The van der Waals surface area contributed by atoms with Gasteiger partial charge >= 0.3 is 0 Å². The molecule has 2 aliphatic rings. The van der Waals surface area contributed by atoms with Crippen LogP contribution in [-0.4, -0.2) is 0 Å². The van der Waals surface area contributed by atoms with Crippen molar-refractivity contribution in [2.45, 2.75) is 5.41 Å². The number of hydrogen-bond donors (Lipinski definition) is 0. The molecule has 0 radical (unpaired) electrons. The zero-order chi connectivity index (χ0) is 42.6. The predicted molar refractivity (Wildman–Crippen MR) is 276 cm³/mol. The lowest BCUT2D eigenvalue weighted by Gasteiger charge is -2.36. The monoisotopic (exact) mass is 841 g/mol. The molecule has 0 N–H and O–H groups in total. The SMILES string of the molecule is c1ccc(-c2cccc3cccc(-c4ccc(N(c5cccc6c5C5(c7ccccc7-c7ccccc75)c5ccccc5-6)c5cccc6sc7ccc8ccccc8c7c56)cc4)c23)cc1. The number of rotatable bonds is 5. The van der Waals surface area contributed by atoms with Crippen LogP contribution >= 0.6 is 11.3 Å². The summed E-state index contributed by atoms with van der Waals surface area (Å²) in [7, 11) is 0. The second-order valence-electron chi connectivity index (χ2n) is 17.5. The highest BCUT2D eigenvalue weighted by molar-refractivity contribution is 7.26. The van der Waals surface area contributed by atoms with Crippen LogP contribution in [0.25, 0.3) is 86.2 Å². The van der Waals surface area contributed by atoms with Crippen LogP contribution < -0.4 is 4.90 Å². The molecule has 2 heteroatoms. The number of fused-ring (bicyclic) bond motifs is 16. The van der Waals surface area contributed by atoms with Gasteiger partial charge in [-0.15, -0.1) is 11.3 Å². The summed E-state index contributed by atoms with van der Waals surface area (Å²) in [4.78, 5) is 2.59. The zero-order valence-electron chi connectivity index (χ0n) is 35.4. The summed E-state index contributed by atoms with van der Waals surface area (Å²) in [5.41, 5.74) is 18.4. The van der Waals surface area contributed by atoms with Gasteiger partial charge in [0.25, 0.3) is 0 Å². The van der Waals surface area contributed by atoms with Crippen molar-refractivity contribution in [1.29, 1.82) is 0 Å². The molecule has 1 nitrogen and oxygen atoms in total. The van der Waals surface area contributed by atoms with Gasteiger partial charge in [-0.3, -0.25) is 0 Å². The minimum absolute atomic E-state index is 0.526. The molecule has 14 rings (SSSR count). The van der Waals surface area contributed by atoms with Crippen molar-refractivity contribution in [2.24, 2.45) is 0 Å². The maximum Gasteiger partial charge on any atom is 0.0746 e. The van der Waals surface area contributed by atoms with Crippen molar-refractivity contribution < 1.29 is 0 Å². The standard InChI is InChI=1S/C63H39NS/c1-2-16-40(17-3-1)45-25-12-19-43-20-13-26-46(59(43)45)42-34-37-44(38-35-42)64(55-31-15-33-57-61(55)60-47-21-5-4-18-41(47)36-39-58(60)65-57)56-32-14-27-51-50-24-8-11-30-54(50)63(62(51)56)52-28-9-6-22-48(52)49-23-7-10-29-53(49)63/h1-39H. The highest BCUT2D eigenvalue weighted by atomic mass is 32.1. The molecular formula is C63H39NS. The van der Waals surface area contributed by atoms with Crippen LogP contribution in [0.1, 0.15) is 22.3 Å². The Morgan fingerprint density at radius 1 is 0.308 bits per heavy atom. The van der Waals surface area contributed by atoms with Gasteiger partial charge in [0.2, 0.25) is 0 Å². The van der Waals surface area contributed by atoms with Gasteiger partial charge in [-0.1, -0.05) is 200 Å². The molecule has 0 bridgehead atoms. The minimum atomic E-state index is -0.526. The third-order valence-electron chi connectivity index (χ3n) is 14.3. The Kier molecular flexibility index (Phi) is 7.84. The quantitative estimate of drug-likeness (QED) is 0.167. The van der Waals surface area contributed by atoms with Crippen molar-refractivity contribution >= 4 is 70.1 Å². The van der Waals surface area contributed by atoms with Gasteiger partial charge in [0, 0.05) is 31.4 Å². The molecule has 302 valence electrons. The van der Waals surface area contributed by atoms with Crippen molar-refractivity contribution in [3.05, 3.63) is 259 Å². The van der Waals surface area contributed by atoms with Crippen LogP contribution in [0, 0.1) is 0 Å². The van der Waals surface area contributed by atoms with E-state index >= 15 is 0 Å². The van der Waals surface area contributed by atoms with Crippen LogP contribution in [0.15, 0.2) is 237 Å². The molecule has 0 aliphatic heterocycles.